The van der Waals surface area contributed by atoms with Crippen molar-refractivity contribution in [3.63, 3.8) is 0 Å². The summed E-state index contributed by atoms with van der Waals surface area (Å²) in [5.41, 5.74) is 1.59. The van der Waals surface area contributed by atoms with Crippen molar-refractivity contribution in [1.29, 1.82) is 0 Å². The van der Waals surface area contributed by atoms with Crippen LogP contribution in [0.1, 0.15) is 12.5 Å². The zero-order valence-corrected chi connectivity index (χ0v) is 11.5. The minimum absolute atomic E-state index is 0.0248. The number of hydrogen-bond donors (Lipinski definition) is 1. The highest BCUT2D eigenvalue weighted by Crippen LogP contribution is 2.13. The minimum Gasteiger partial charge on any atom is -0.469 e. The van der Waals surface area contributed by atoms with E-state index < -0.39 is 0 Å². The second-order valence-corrected chi connectivity index (χ2v) is 5.00. The summed E-state index contributed by atoms with van der Waals surface area (Å²) in [5.74, 6) is -0.300. The summed E-state index contributed by atoms with van der Waals surface area (Å²) in [5, 5.41) is 2.73. The smallest absolute Gasteiger partial charge is 0.309 e. The van der Waals surface area contributed by atoms with E-state index in [1.165, 1.54) is 18.9 Å². The molecule has 1 aromatic carbocycles. The van der Waals surface area contributed by atoms with E-state index in [1.807, 2.05) is 13.2 Å². The van der Waals surface area contributed by atoms with Crippen LogP contribution in [0, 0.1) is 0 Å². The van der Waals surface area contributed by atoms with E-state index in [0.29, 0.717) is 0 Å². The number of ether oxygens (including phenoxy) is 1. The number of carbonyl (C=O) groups is 2. The first-order valence-electron chi connectivity index (χ1n) is 5.56. The fraction of sp³-hybridized carbons (Fsp3) is 0.385. The monoisotopic (exact) mass is 267 g/mol. The van der Waals surface area contributed by atoms with Gasteiger partial charge in [-0.2, -0.15) is 11.8 Å². The molecule has 0 aliphatic carbocycles. The number of thioether (sulfide) groups is 1. The molecule has 0 aliphatic rings. The third-order valence-electron chi connectivity index (χ3n) is 2.52. The van der Waals surface area contributed by atoms with Crippen LogP contribution in [0.15, 0.2) is 24.3 Å². The highest BCUT2D eigenvalue weighted by Gasteiger charge is 2.11. The van der Waals surface area contributed by atoms with E-state index in [-0.39, 0.29) is 23.5 Å². The average Bonchev–Trinajstić information content (AvgIpc) is 2.39. The average molecular weight is 267 g/mol. The molecule has 1 amide bonds. The van der Waals surface area contributed by atoms with Gasteiger partial charge in [-0.15, -0.1) is 0 Å². The van der Waals surface area contributed by atoms with Gasteiger partial charge in [0.2, 0.25) is 5.91 Å². The fourth-order valence-corrected chi connectivity index (χ4v) is 1.57. The Kier molecular flexibility index (Phi) is 5.71. The van der Waals surface area contributed by atoms with Gasteiger partial charge in [0, 0.05) is 5.69 Å². The number of esters is 1. The van der Waals surface area contributed by atoms with Crippen molar-refractivity contribution in [2.45, 2.75) is 18.6 Å². The highest BCUT2D eigenvalue weighted by atomic mass is 32.2. The third kappa shape index (κ3) is 4.41. The van der Waals surface area contributed by atoms with Gasteiger partial charge >= 0.3 is 5.97 Å². The molecular weight excluding hydrogens is 250 g/mol. The lowest BCUT2D eigenvalue weighted by atomic mass is 10.1. The number of carbonyl (C=O) groups excluding carboxylic acids is 2. The molecule has 0 aliphatic heterocycles. The largest absolute Gasteiger partial charge is 0.469 e. The van der Waals surface area contributed by atoms with Crippen molar-refractivity contribution in [3.8, 4) is 0 Å². The molecule has 0 bridgehead atoms. The van der Waals surface area contributed by atoms with Crippen LogP contribution >= 0.6 is 11.8 Å². The molecule has 4 nitrogen and oxygen atoms in total. The first-order valence-corrected chi connectivity index (χ1v) is 6.85. The van der Waals surface area contributed by atoms with Crippen molar-refractivity contribution in [3.05, 3.63) is 29.8 Å². The lowest BCUT2D eigenvalue weighted by Gasteiger charge is -2.10. The molecule has 0 fully saturated rings. The van der Waals surface area contributed by atoms with Gasteiger partial charge in [-0.25, -0.2) is 0 Å². The molecule has 1 N–H and O–H groups in total. The number of anilines is 1. The number of amides is 1. The Labute approximate surface area is 111 Å². The molecule has 5 heteroatoms. The number of methoxy groups -OCH3 is 1. The van der Waals surface area contributed by atoms with Gasteiger partial charge in [0.1, 0.15) is 0 Å². The lowest BCUT2D eigenvalue weighted by Crippen LogP contribution is -2.22. The molecule has 1 aromatic rings. The van der Waals surface area contributed by atoms with Crippen LogP contribution in [0.3, 0.4) is 0 Å². The number of hydrogen-bond acceptors (Lipinski definition) is 4. The van der Waals surface area contributed by atoms with Gasteiger partial charge in [0.25, 0.3) is 0 Å². The van der Waals surface area contributed by atoms with Gasteiger partial charge in [-0.3, -0.25) is 9.59 Å². The van der Waals surface area contributed by atoms with Gasteiger partial charge in [0.15, 0.2) is 0 Å². The van der Waals surface area contributed by atoms with Gasteiger partial charge in [0.05, 0.1) is 18.8 Å². The van der Waals surface area contributed by atoms with Gasteiger partial charge in [-0.05, 0) is 30.9 Å². The van der Waals surface area contributed by atoms with Gasteiger partial charge in [-0.1, -0.05) is 12.1 Å². The number of rotatable bonds is 5. The maximum absolute atomic E-state index is 11.6. The molecular formula is C13H17NO3S. The highest BCUT2D eigenvalue weighted by molar-refractivity contribution is 7.99. The van der Waals surface area contributed by atoms with Crippen LogP contribution in [0.2, 0.25) is 0 Å². The summed E-state index contributed by atoms with van der Waals surface area (Å²) in [6, 6.07) is 7.17. The van der Waals surface area contributed by atoms with Crippen molar-refractivity contribution < 1.29 is 14.3 Å². The molecule has 0 radical (unpaired) electrons. The van der Waals surface area contributed by atoms with E-state index in [9.17, 15) is 9.59 Å². The molecule has 98 valence electrons. The predicted molar refractivity (Wildman–Crippen MR) is 73.8 cm³/mol. The third-order valence-corrected chi connectivity index (χ3v) is 3.44. The Hall–Kier alpha value is -1.49. The second-order valence-electron chi connectivity index (χ2n) is 3.82. The van der Waals surface area contributed by atoms with Crippen molar-refractivity contribution in [2.75, 3.05) is 18.7 Å². The van der Waals surface area contributed by atoms with Crippen molar-refractivity contribution >= 4 is 29.3 Å². The molecule has 0 aromatic heterocycles. The first-order chi connectivity index (χ1) is 8.56. The number of nitrogens with one attached hydrogen (secondary N) is 1. The summed E-state index contributed by atoms with van der Waals surface area (Å²) in [4.78, 5) is 22.7. The fourth-order valence-electron chi connectivity index (χ4n) is 1.30. The topological polar surface area (TPSA) is 55.4 Å². The molecule has 0 spiro atoms. The molecule has 1 unspecified atom stereocenters. The second kappa shape index (κ2) is 7.06. The molecule has 1 atom stereocenters. The molecule has 0 heterocycles. The van der Waals surface area contributed by atoms with E-state index in [4.69, 9.17) is 0 Å². The summed E-state index contributed by atoms with van der Waals surface area (Å²) < 4.78 is 4.58. The maximum Gasteiger partial charge on any atom is 0.309 e. The first kappa shape index (κ1) is 14.6. The number of benzene rings is 1. The van der Waals surface area contributed by atoms with Crippen LogP contribution in [0.5, 0.6) is 0 Å². The van der Waals surface area contributed by atoms with Crippen LogP contribution in [0.25, 0.3) is 0 Å². The van der Waals surface area contributed by atoms with E-state index in [2.05, 4.69) is 10.1 Å². The standard InChI is InChI=1S/C13H17NO3S/c1-9(18-3)13(16)14-11-6-4-10(5-7-11)8-12(15)17-2/h4-7,9H,8H2,1-3H3,(H,14,16). The summed E-state index contributed by atoms with van der Waals surface area (Å²) in [7, 11) is 1.36. The van der Waals surface area contributed by atoms with Crippen molar-refractivity contribution in [1.82, 2.24) is 0 Å². The van der Waals surface area contributed by atoms with Gasteiger partial charge < -0.3 is 10.1 Å². The summed E-state index contributed by atoms with van der Waals surface area (Å²) in [6.45, 7) is 1.85. The Morgan fingerprint density at radius 2 is 1.94 bits per heavy atom. The van der Waals surface area contributed by atoms with Crippen LogP contribution < -0.4 is 5.32 Å². The normalized spacial score (nSPS) is 11.7. The zero-order valence-electron chi connectivity index (χ0n) is 10.7. The van der Waals surface area contributed by atoms with Crippen molar-refractivity contribution in [2.24, 2.45) is 0 Å². The maximum atomic E-state index is 11.6. The van der Waals surface area contributed by atoms with Crippen LogP contribution in [-0.4, -0.2) is 30.5 Å². The Bertz CT molecular complexity index is 417. The Morgan fingerprint density at radius 3 is 2.44 bits per heavy atom. The lowest BCUT2D eigenvalue weighted by molar-refractivity contribution is -0.139. The van der Waals surface area contributed by atoms with Crippen LogP contribution in [0.4, 0.5) is 5.69 Å². The molecule has 0 saturated heterocycles. The Morgan fingerprint density at radius 1 is 1.33 bits per heavy atom. The van der Waals surface area contributed by atoms with Crippen LogP contribution in [-0.2, 0) is 20.7 Å². The zero-order chi connectivity index (χ0) is 13.5. The molecule has 18 heavy (non-hydrogen) atoms. The van der Waals surface area contributed by atoms with E-state index >= 15 is 0 Å². The molecule has 1 rings (SSSR count). The summed E-state index contributed by atoms with van der Waals surface area (Å²) in [6.07, 6.45) is 2.13. The quantitative estimate of drug-likeness (QED) is 0.830. The van der Waals surface area contributed by atoms with E-state index in [1.54, 1.807) is 24.3 Å². The Balaban J connectivity index is 2.60. The SMILES string of the molecule is COC(=O)Cc1ccc(NC(=O)C(C)SC)cc1. The summed E-state index contributed by atoms with van der Waals surface area (Å²) >= 11 is 1.49. The predicted octanol–water partition coefficient (Wildman–Crippen LogP) is 2.09. The minimum atomic E-state index is -0.275. The molecule has 0 saturated carbocycles. The van der Waals surface area contributed by atoms with E-state index in [0.717, 1.165) is 11.3 Å².